The average Bonchev–Trinajstić information content (AvgIpc) is 3.34. The molecule has 1 aliphatic rings. The number of amides is 1. The molecule has 0 radical (unpaired) electrons. The fraction of sp³-hybridized carbons (Fsp3) is 0.440. The number of aliphatic imine (C=N–C) groups is 1. The van der Waals surface area contributed by atoms with Crippen molar-refractivity contribution in [3.8, 4) is 11.5 Å². The fourth-order valence-electron chi connectivity index (χ4n) is 3.68. The molecule has 0 bridgehead atoms. The lowest BCUT2D eigenvalue weighted by Gasteiger charge is -2.19. The molecule has 33 heavy (non-hydrogen) atoms. The second-order valence-electron chi connectivity index (χ2n) is 7.78. The molecule has 2 aromatic carbocycles. The van der Waals surface area contributed by atoms with Gasteiger partial charge in [-0.1, -0.05) is 42.5 Å². The van der Waals surface area contributed by atoms with Crippen molar-refractivity contribution >= 4 is 35.8 Å². The van der Waals surface area contributed by atoms with Gasteiger partial charge in [0.05, 0.1) is 26.3 Å². The van der Waals surface area contributed by atoms with Crippen molar-refractivity contribution in [1.29, 1.82) is 0 Å². The Morgan fingerprint density at radius 2 is 1.79 bits per heavy atom. The van der Waals surface area contributed by atoms with Gasteiger partial charge in [0.2, 0.25) is 5.91 Å². The second-order valence-corrected chi connectivity index (χ2v) is 7.78. The number of rotatable bonds is 10. The van der Waals surface area contributed by atoms with E-state index in [0.29, 0.717) is 25.6 Å². The van der Waals surface area contributed by atoms with Gasteiger partial charge in [-0.25, -0.2) is 4.99 Å². The van der Waals surface area contributed by atoms with E-state index < -0.39 is 0 Å². The van der Waals surface area contributed by atoms with E-state index in [0.717, 1.165) is 35.5 Å². The number of halogens is 1. The summed E-state index contributed by atoms with van der Waals surface area (Å²) in [4.78, 5) is 16.9. The zero-order valence-corrected chi connectivity index (χ0v) is 21.8. The fourth-order valence-corrected chi connectivity index (χ4v) is 3.68. The molecule has 7 nitrogen and oxygen atoms in total. The third-order valence-electron chi connectivity index (χ3n) is 5.37. The van der Waals surface area contributed by atoms with Gasteiger partial charge in [0.25, 0.3) is 0 Å². The SMILES string of the molecule is CCNC(=NCc1cccc(OC)c1OC1CCCC1)NCC(=O)NCc1ccccc1.I. The summed E-state index contributed by atoms with van der Waals surface area (Å²) in [5.74, 6) is 1.98. The predicted octanol–water partition coefficient (Wildman–Crippen LogP) is 4.01. The summed E-state index contributed by atoms with van der Waals surface area (Å²) in [7, 11) is 1.66. The molecular weight excluding hydrogens is 531 g/mol. The zero-order valence-electron chi connectivity index (χ0n) is 19.4. The van der Waals surface area contributed by atoms with Crippen molar-refractivity contribution in [1.82, 2.24) is 16.0 Å². The highest BCUT2D eigenvalue weighted by Gasteiger charge is 2.20. The molecule has 1 fully saturated rings. The molecule has 1 amide bonds. The molecule has 0 unspecified atom stereocenters. The van der Waals surface area contributed by atoms with Crippen LogP contribution < -0.4 is 25.4 Å². The number of carbonyl (C=O) groups is 1. The number of hydrogen-bond donors (Lipinski definition) is 3. The standard InChI is InChI=1S/C25H34N4O3.HI/c1-3-26-25(29-18-23(30)27-16-19-10-5-4-6-11-19)28-17-20-12-9-15-22(31-2)24(20)32-21-13-7-8-14-21;/h4-6,9-12,15,21H,3,7-8,13-14,16-18H2,1-2H3,(H,27,30)(H2,26,28,29);1H. The first-order valence-corrected chi connectivity index (χ1v) is 11.3. The van der Waals surface area contributed by atoms with Crippen LogP contribution in [0.15, 0.2) is 53.5 Å². The summed E-state index contributed by atoms with van der Waals surface area (Å²) in [5.41, 5.74) is 2.02. The van der Waals surface area contributed by atoms with Crippen molar-refractivity contribution in [2.45, 2.75) is 51.8 Å². The second kappa shape index (κ2) is 14.6. The van der Waals surface area contributed by atoms with Gasteiger partial charge < -0.3 is 25.4 Å². The van der Waals surface area contributed by atoms with Gasteiger partial charge in [0.15, 0.2) is 17.5 Å². The van der Waals surface area contributed by atoms with Gasteiger partial charge in [0, 0.05) is 18.7 Å². The van der Waals surface area contributed by atoms with E-state index in [9.17, 15) is 4.79 Å². The van der Waals surface area contributed by atoms with Crippen LogP contribution in [0.5, 0.6) is 11.5 Å². The average molecular weight is 566 g/mol. The third-order valence-corrected chi connectivity index (χ3v) is 5.37. The molecule has 180 valence electrons. The molecule has 1 aliphatic carbocycles. The number of carbonyl (C=O) groups excluding carboxylic acids is 1. The Labute approximate surface area is 213 Å². The highest BCUT2D eigenvalue weighted by molar-refractivity contribution is 14.0. The topological polar surface area (TPSA) is 84.0 Å². The van der Waals surface area contributed by atoms with E-state index in [4.69, 9.17) is 9.47 Å². The van der Waals surface area contributed by atoms with E-state index in [1.165, 1.54) is 12.8 Å². The van der Waals surface area contributed by atoms with E-state index in [2.05, 4.69) is 20.9 Å². The van der Waals surface area contributed by atoms with Gasteiger partial charge >= 0.3 is 0 Å². The van der Waals surface area contributed by atoms with Crippen LogP contribution >= 0.6 is 24.0 Å². The number of benzene rings is 2. The van der Waals surface area contributed by atoms with Gasteiger partial charge in [-0.2, -0.15) is 0 Å². The third kappa shape index (κ3) is 8.75. The Morgan fingerprint density at radius 3 is 2.48 bits per heavy atom. The lowest BCUT2D eigenvalue weighted by atomic mass is 10.1. The van der Waals surface area contributed by atoms with Gasteiger partial charge in [-0.05, 0) is 44.2 Å². The molecule has 1 saturated carbocycles. The maximum Gasteiger partial charge on any atom is 0.239 e. The molecular formula is C25H35IN4O3. The van der Waals surface area contributed by atoms with Gasteiger partial charge in [-0.15, -0.1) is 24.0 Å². The number of nitrogens with one attached hydrogen (secondary N) is 3. The zero-order chi connectivity index (χ0) is 22.6. The van der Waals surface area contributed by atoms with Crippen LogP contribution in [-0.4, -0.2) is 38.2 Å². The molecule has 3 N–H and O–H groups in total. The summed E-state index contributed by atoms with van der Waals surface area (Å²) in [6, 6.07) is 15.7. The maximum absolute atomic E-state index is 12.2. The van der Waals surface area contributed by atoms with E-state index >= 15 is 0 Å². The molecule has 3 rings (SSSR count). The first-order chi connectivity index (χ1) is 15.7. The molecule has 0 saturated heterocycles. The van der Waals surface area contributed by atoms with Crippen LogP contribution in [0.3, 0.4) is 0 Å². The molecule has 0 atom stereocenters. The first-order valence-electron chi connectivity index (χ1n) is 11.3. The van der Waals surface area contributed by atoms with Crippen molar-refractivity contribution in [2.24, 2.45) is 4.99 Å². The van der Waals surface area contributed by atoms with Crippen LogP contribution in [0.2, 0.25) is 0 Å². The van der Waals surface area contributed by atoms with Crippen LogP contribution in [0.1, 0.15) is 43.7 Å². The Morgan fingerprint density at radius 1 is 1.03 bits per heavy atom. The summed E-state index contributed by atoms with van der Waals surface area (Å²) >= 11 is 0. The number of para-hydroxylation sites is 1. The van der Waals surface area contributed by atoms with E-state index in [1.54, 1.807) is 7.11 Å². The smallest absolute Gasteiger partial charge is 0.239 e. The van der Waals surface area contributed by atoms with Crippen molar-refractivity contribution in [3.05, 3.63) is 59.7 Å². The Bertz CT molecular complexity index is 886. The number of hydrogen-bond acceptors (Lipinski definition) is 4. The monoisotopic (exact) mass is 566 g/mol. The van der Waals surface area contributed by atoms with Crippen LogP contribution in [0, 0.1) is 0 Å². The normalized spacial score (nSPS) is 13.7. The van der Waals surface area contributed by atoms with E-state index in [1.807, 2.05) is 55.5 Å². The first kappa shape index (κ1) is 26.8. The maximum atomic E-state index is 12.2. The van der Waals surface area contributed by atoms with Crippen LogP contribution in [0.4, 0.5) is 0 Å². The molecule has 0 heterocycles. The van der Waals surface area contributed by atoms with E-state index in [-0.39, 0.29) is 42.5 Å². The number of guanidine groups is 1. The van der Waals surface area contributed by atoms with Gasteiger partial charge in [-0.3, -0.25) is 4.79 Å². The summed E-state index contributed by atoms with van der Waals surface area (Å²) in [6.45, 7) is 3.75. The highest BCUT2D eigenvalue weighted by Crippen LogP contribution is 2.35. The Hall–Kier alpha value is -2.49. The van der Waals surface area contributed by atoms with Gasteiger partial charge in [0.1, 0.15) is 0 Å². The summed E-state index contributed by atoms with van der Waals surface area (Å²) in [6.07, 6.45) is 4.78. The predicted molar refractivity (Wildman–Crippen MR) is 142 cm³/mol. The van der Waals surface area contributed by atoms with Crippen LogP contribution in [0.25, 0.3) is 0 Å². The number of methoxy groups -OCH3 is 1. The van der Waals surface area contributed by atoms with Crippen molar-refractivity contribution in [3.63, 3.8) is 0 Å². The Kier molecular flexibility index (Phi) is 11.9. The Balaban J connectivity index is 0.00000385. The van der Waals surface area contributed by atoms with Crippen molar-refractivity contribution in [2.75, 3.05) is 20.2 Å². The highest BCUT2D eigenvalue weighted by atomic mass is 127. The number of nitrogens with zero attached hydrogens (tertiary/aromatic N) is 1. The minimum atomic E-state index is -0.0916. The quantitative estimate of drug-likeness (QED) is 0.230. The largest absolute Gasteiger partial charge is 0.493 e. The molecule has 0 aromatic heterocycles. The van der Waals surface area contributed by atoms with Crippen LogP contribution in [-0.2, 0) is 17.9 Å². The molecule has 0 aliphatic heterocycles. The minimum Gasteiger partial charge on any atom is -0.493 e. The van der Waals surface area contributed by atoms with Crippen molar-refractivity contribution < 1.29 is 14.3 Å². The minimum absolute atomic E-state index is 0. The number of ether oxygens (including phenoxy) is 2. The summed E-state index contributed by atoms with van der Waals surface area (Å²) < 4.78 is 11.8. The lowest BCUT2D eigenvalue weighted by Crippen LogP contribution is -2.43. The molecule has 8 heteroatoms. The molecule has 2 aromatic rings. The summed E-state index contributed by atoms with van der Waals surface area (Å²) in [5, 5.41) is 9.21. The molecule has 0 spiro atoms. The lowest BCUT2D eigenvalue weighted by molar-refractivity contribution is -0.120.